The van der Waals surface area contributed by atoms with Crippen LogP contribution in [0, 0.1) is 34.0 Å². The van der Waals surface area contributed by atoms with Crippen molar-refractivity contribution in [2.75, 3.05) is 0 Å². The smallest absolute Gasteiger partial charge is 0.303 e. The van der Waals surface area contributed by atoms with Crippen molar-refractivity contribution in [3.05, 3.63) is 12.2 Å². The van der Waals surface area contributed by atoms with Gasteiger partial charge in [-0.2, -0.15) is 0 Å². The maximum absolute atomic E-state index is 14.3. The van der Waals surface area contributed by atoms with Gasteiger partial charge in [-0.3, -0.25) is 24.0 Å². The van der Waals surface area contributed by atoms with Gasteiger partial charge in [0.25, 0.3) is 0 Å². The first-order valence-electron chi connectivity index (χ1n) is 12.1. The lowest BCUT2D eigenvalue weighted by atomic mass is 9.38. The molecular weight excluding hydrogens is 456 g/mol. The molecule has 0 radical (unpaired) electrons. The van der Waals surface area contributed by atoms with Gasteiger partial charge in [0.15, 0.2) is 17.7 Å². The van der Waals surface area contributed by atoms with Crippen molar-refractivity contribution in [1.29, 1.82) is 0 Å². The van der Waals surface area contributed by atoms with E-state index in [4.69, 9.17) is 14.2 Å². The van der Waals surface area contributed by atoms with Gasteiger partial charge in [0.1, 0.15) is 12.2 Å². The molecule has 4 saturated carbocycles. The van der Waals surface area contributed by atoms with Gasteiger partial charge in [-0.25, -0.2) is 0 Å². The number of carbonyl (C=O) groups excluding carboxylic acids is 5. The minimum absolute atomic E-state index is 0.0447. The summed E-state index contributed by atoms with van der Waals surface area (Å²) in [4.78, 5) is 64.8. The van der Waals surface area contributed by atoms with Gasteiger partial charge < -0.3 is 19.3 Å². The number of esters is 3. The monoisotopic (exact) mass is 490 g/mol. The number of Topliss-reactive ketones (excluding diaryl/α,β-unsaturated/α-hetero) is 2. The lowest BCUT2D eigenvalue weighted by molar-refractivity contribution is -0.263. The van der Waals surface area contributed by atoms with E-state index in [1.165, 1.54) is 20.8 Å². The average Bonchev–Trinajstić information content (AvgIpc) is 2.90. The van der Waals surface area contributed by atoms with Gasteiger partial charge >= 0.3 is 17.9 Å². The SMILES string of the molecule is C=C1C(=O)[C@]23C[C@H]1C[C@H](OC(C)=O)[C@H]2[C@@]1(C)[C@H](C(=O)[C@@H]3OC(C)=O)C(C)(C)[C@@H](O)C[C@H]1OC(C)=O. The lowest BCUT2D eigenvalue weighted by Crippen LogP contribution is -2.75. The van der Waals surface area contributed by atoms with Gasteiger partial charge in [-0.1, -0.05) is 27.4 Å². The van der Waals surface area contributed by atoms with Crippen molar-refractivity contribution in [2.45, 2.75) is 85.2 Å². The molecular formula is C26H34O9. The summed E-state index contributed by atoms with van der Waals surface area (Å²) in [6, 6.07) is 0. The number of hydrogen-bond donors (Lipinski definition) is 1. The van der Waals surface area contributed by atoms with Crippen molar-refractivity contribution in [1.82, 2.24) is 0 Å². The number of carbonyl (C=O) groups is 5. The highest BCUT2D eigenvalue weighted by Crippen LogP contribution is 2.71. The van der Waals surface area contributed by atoms with E-state index in [-0.39, 0.29) is 24.5 Å². The first kappa shape index (κ1) is 25.5. The predicted molar refractivity (Wildman–Crippen MR) is 120 cm³/mol. The molecule has 0 aromatic rings. The first-order valence-corrected chi connectivity index (χ1v) is 12.1. The van der Waals surface area contributed by atoms with Crippen LogP contribution in [0.15, 0.2) is 12.2 Å². The molecule has 192 valence electrons. The Morgan fingerprint density at radius 1 is 0.943 bits per heavy atom. The molecule has 9 atom stereocenters. The number of ketones is 2. The van der Waals surface area contributed by atoms with Crippen molar-refractivity contribution in [3.63, 3.8) is 0 Å². The molecule has 2 bridgehead atoms. The second kappa shape index (κ2) is 7.98. The first-order chi connectivity index (χ1) is 16.1. The van der Waals surface area contributed by atoms with E-state index >= 15 is 0 Å². The zero-order valence-corrected chi connectivity index (χ0v) is 21.1. The van der Waals surface area contributed by atoms with Crippen LogP contribution in [0.1, 0.15) is 60.8 Å². The van der Waals surface area contributed by atoms with E-state index in [0.29, 0.717) is 12.0 Å². The van der Waals surface area contributed by atoms with Crippen LogP contribution in [-0.2, 0) is 38.2 Å². The van der Waals surface area contributed by atoms with Crippen molar-refractivity contribution in [2.24, 2.45) is 34.0 Å². The molecule has 1 spiro atoms. The molecule has 9 heteroatoms. The standard InChI is InChI=1S/C26H34O9/c1-11-15-8-16(33-12(2)27)20-25(7)18(34-13(3)28)9-17(30)24(5,6)21(25)19(31)23(35-14(4)29)26(20,10-15)22(11)32/h15-18,20-21,23,30H,1,8-10H2,2-7H3/t15-,16+,17+,18-,20+,21-,23+,25+,26+/m1/s1. The number of aliphatic hydroxyl groups is 1. The molecule has 35 heavy (non-hydrogen) atoms. The second-order valence-electron chi connectivity index (χ2n) is 11.5. The number of aliphatic hydroxyl groups excluding tert-OH is 1. The maximum Gasteiger partial charge on any atom is 0.303 e. The summed E-state index contributed by atoms with van der Waals surface area (Å²) in [7, 11) is 0. The quantitative estimate of drug-likeness (QED) is 0.358. The van der Waals surface area contributed by atoms with Crippen LogP contribution in [-0.4, -0.2) is 59.0 Å². The summed E-state index contributed by atoms with van der Waals surface area (Å²) in [6.07, 6.45) is -3.62. The van der Waals surface area contributed by atoms with E-state index in [1.54, 1.807) is 20.8 Å². The fraction of sp³-hybridized carbons (Fsp3) is 0.731. The largest absolute Gasteiger partial charge is 0.462 e. The van der Waals surface area contributed by atoms with Crippen LogP contribution < -0.4 is 0 Å². The highest BCUT2D eigenvalue weighted by molar-refractivity contribution is 6.08. The van der Waals surface area contributed by atoms with Crippen LogP contribution in [0.5, 0.6) is 0 Å². The third-order valence-corrected chi connectivity index (χ3v) is 9.18. The third-order valence-electron chi connectivity index (χ3n) is 9.18. The number of fused-ring (bicyclic) bond motifs is 3. The Bertz CT molecular complexity index is 1030. The van der Waals surface area contributed by atoms with Crippen LogP contribution >= 0.6 is 0 Å². The topological polar surface area (TPSA) is 133 Å². The molecule has 0 amide bonds. The third kappa shape index (κ3) is 3.33. The zero-order valence-electron chi connectivity index (χ0n) is 21.1. The molecule has 4 rings (SSSR count). The Labute approximate surface area is 204 Å². The van der Waals surface area contributed by atoms with E-state index in [0.717, 1.165) is 0 Å². The van der Waals surface area contributed by atoms with E-state index in [9.17, 15) is 29.1 Å². The summed E-state index contributed by atoms with van der Waals surface area (Å²) >= 11 is 0. The lowest BCUT2D eigenvalue weighted by Gasteiger charge is -2.66. The van der Waals surface area contributed by atoms with Crippen LogP contribution in [0.25, 0.3) is 0 Å². The fourth-order valence-electron chi connectivity index (χ4n) is 8.13. The molecule has 0 heterocycles. The van der Waals surface area contributed by atoms with Gasteiger partial charge in [-0.15, -0.1) is 0 Å². The van der Waals surface area contributed by atoms with E-state index in [1.807, 2.05) is 0 Å². The number of allylic oxidation sites excluding steroid dienone is 1. The van der Waals surface area contributed by atoms with E-state index in [2.05, 4.69) is 6.58 Å². The van der Waals surface area contributed by atoms with Gasteiger partial charge in [0.05, 0.1) is 11.5 Å². The molecule has 4 aliphatic rings. The Morgan fingerprint density at radius 2 is 1.51 bits per heavy atom. The summed E-state index contributed by atoms with van der Waals surface area (Å²) in [6.45, 7) is 12.9. The minimum Gasteiger partial charge on any atom is -0.462 e. The number of ether oxygens (including phenoxy) is 3. The van der Waals surface area contributed by atoms with Crippen molar-refractivity contribution < 1.29 is 43.3 Å². The van der Waals surface area contributed by atoms with Gasteiger partial charge in [0, 0.05) is 49.9 Å². The Kier molecular flexibility index (Phi) is 5.82. The molecule has 4 fully saturated rings. The highest BCUT2D eigenvalue weighted by Gasteiger charge is 2.79. The van der Waals surface area contributed by atoms with Crippen LogP contribution in [0.2, 0.25) is 0 Å². The highest BCUT2D eigenvalue weighted by atomic mass is 16.6. The molecule has 0 aromatic carbocycles. The van der Waals surface area contributed by atoms with Crippen molar-refractivity contribution >= 4 is 29.5 Å². The summed E-state index contributed by atoms with van der Waals surface area (Å²) in [5, 5.41) is 11.1. The van der Waals surface area contributed by atoms with Crippen LogP contribution in [0.4, 0.5) is 0 Å². The molecule has 0 aromatic heterocycles. The van der Waals surface area contributed by atoms with Gasteiger partial charge in [0.2, 0.25) is 0 Å². The normalized spacial score (nSPS) is 43.6. The number of hydrogen-bond acceptors (Lipinski definition) is 9. The molecule has 0 saturated heterocycles. The number of rotatable bonds is 3. The maximum atomic E-state index is 14.3. The second-order valence-corrected chi connectivity index (χ2v) is 11.5. The molecule has 9 nitrogen and oxygen atoms in total. The van der Waals surface area contributed by atoms with Crippen LogP contribution in [0.3, 0.4) is 0 Å². The molecule has 0 unspecified atom stereocenters. The Hall–Kier alpha value is -2.55. The fourth-order valence-corrected chi connectivity index (χ4v) is 8.13. The summed E-state index contributed by atoms with van der Waals surface area (Å²) < 4.78 is 17.1. The minimum atomic E-state index is -1.51. The Morgan fingerprint density at radius 3 is 2.06 bits per heavy atom. The molecule has 0 aliphatic heterocycles. The average molecular weight is 491 g/mol. The molecule has 1 N–H and O–H groups in total. The summed E-state index contributed by atoms with van der Waals surface area (Å²) in [5.74, 6) is -4.86. The Balaban J connectivity index is 2.04. The molecule has 4 aliphatic carbocycles. The van der Waals surface area contributed by atoms with E-state index < -0.39 is 76.2 Å². The zero-order chi connectivity index (χ0) is 26.2. The van der Waals surface area contributed by atoms with Gasteiger partial charge in [-0.05, 0) is 24.3 Å². The summed E-state index contributed by atoms with van der Waals surface area (Å²) in [5.41, 5.74) is -3.41. The van der Waals surface area contributed by atoms with Crippen molar-refractivity contribution in [3.8, 4) is 0 Å². The predicted octanol–water partition coefficient (Wildman–Crippen LogP) is 1.93.